The van der Waals surface area contributed by atoms with Gasteiger partial charge in [-0.2, -0.15) is 0 Å². The molecule has 0 atom stereocenters. The molecule has 94 valence electrons. The Hall–Kier alpha value is -1.44. The van der Waals surface area contributed by atoms with Crippen LogP contribution in [0.5, 0.6) is 0 Å². The molecule has 2 aromatic heterocycles. The van der Waals surface area contributed by atoms with Crippen LogP contribution in [0.25, 0.3) is 11.2 Å². The fraction of sp³-hybridized carbons (Fsp3) is 0.444. The van der Waals surface area contributed by atoms with Crippen molar-refractivity contribution in [3.63, 3.8) is 0 Å². The van der Waals surface area contributed by atoms with Crippen molar-refractivity contribution in [3.8, 4) is 0 Å². The third-order valence-electron chi connectivity index (χ3n) is 2.34. The second-order valence-corrected chi connectivity index (χ2v) is 3.46. The van der Waals surface area contributed by atoms with Crippen molar-refractivity contribution in [2.24, 2.45) is 0 Å². The van der Waals surface area contributed by atoms with E-state index >= 15 is 0 Å². The Morgan fingerprint density at radius 2 is 2.12 bits per heavy atom. The van der Waals surface area contributed by atoms with Crippen LogP contribution in [-0.2, 0) is 6.54 Å². The number of rotatable bonds is 5. The largest absolute Gasteiger partial charge is 1.00 e. The van der Waals surface area contributed by atoms with Crippen LogP contribution in [0.2, 0.25) is 0 Å². The van der Waals surface area contributed by atoms with Crippen LogP contribution in [0.1, 0.15) is 0 Å². The molecule has 0 fully saturated rings. The molecule has 0 aliphatic heterocycles. The van der Waals surface area contributed by atoms with Crippen LogP contribution in [0.15, 0.2) is 12.7 Å². The number of aliphatic hydroxyl groups is 1. The average molecular weight is 259 g/mol. The second kappa shape index (κ2) is 6.33. The lowest BCUT2D eigenvalue weighted by Crippen LogP contribution is -3.00. The molecule has 0 aliphatic rings. The van der Waals surface area contributed by atoms with Crippen molar-refractivity contribution in [2.45, 2.75) is 6.54 Å². The molecule has 0 spiro atoms. The summed E-state index contributed by atoms with van der Waals surface area (Å²) >= 11 is 0. The molecule has 0 aliphatic carbocycles. The molecule has 0 aromatic carbocycles. The van der Waals surface area contributed by atoms with Crippen LogP contribution < -0.4 is 23.5 Å². The maximum Gasteiger partial charge on any atom is 0.165 e. The molecule has 0 bridgehead atoms. The maximum atomic E-state index is 8.64. The summed E-state index contributed by atoms with van der Waals surface area (Å²) < 4.78 is 1.93. The molecule has 0 unspecified atom stereocenters. The summed E-state index contributed by atoms with van der Waals surface area (Å²) in [7, 11) is 0. The molecule has 7 nitrogen and oxygen atoms in total. The summed E-state index contributed by atoms with van der Waals surface area (Å²) in [5.74, 6) is 0.406. The molecular weight excluding hydrogens is 244 g/mol. The van der Waals surface area contributed by atoms with E-state index in [0.717, 1.165) is 18.7 Å². The Bertz CT molecular complexity index is 473. The highest BCUT2D eigenvalue weighted by Crippen LogP contribution is 2.13. The molecule has 8 heteroatoms. The van der Waals surface area contributed by atoms with Gasteiger partial charge in [-0.25, -0.2) is 15.0 Å². The van der Waals surface area contributed by atoms with Crippen molar-refractivity contribution in [1.82, 2.24) is 19.5 Å². The van der Waals surface area contributed by atoms with E-state index in [4.69, 9.17) is 10.8 Å². The number of imidazole rings is 1. The van der Waals surface area contributed by atoms with Crippen LogP contribution in [0.4, 0.5) is 5.82 Å². The van der Waals surface area contributed by atoms with E-state index in [9.17, 15) is 0 Å². The van der Waals surface area contributed by atoms with Gasteiger partial charge in [0.25, 0.3) is 0 Å². The van der Waals surface area contributed by atoms with Crippen molar-refractivity contribution < 1.29 is 22.8 Å². The third kappa shape index (κ3) is 3.02. The first kappa shape index (κ1) is 13.6. The van der Waals surface area contributed by atoms with Gasteiger partial charge in [-0.05, 0) is 0 Å². The Balaban J connectivity index is 0.00000144. The summed E-state index contributed by atoms with van der Waals surface area (Å²) in [6.45, 7) is 2.56. The first-order valence-corrected chi connectivity index (χ1v) is 5.16. The number of nitrogens with zero attached hydrogens (tertiary/aromatic N) is 4. The van der Waals surface area contributed by atoms with E-state index in [1.165, 1.54) is 6.33 Å². The van der Waals surface area contributed by atoms with Gasteiger partial charge in [-0.1, -0.05) is 0 Å². The van der Waals surface area contributed by atoms with Crippen molar-refractivity contribution in [1.29, 1.82) is 0 Å². The van der Waals surface area contributed by atoms with Gasteiger partial charge in [0.2, 0.25) is 0 Å². The number of hydrogen-bond acceptors (Lipinski definition) is 5. The lowest BCUT2D eigenvalue weighted by atomic mass is 10.5. The molecule has 0 amide bonds. The SMILES string of the molecule is Nc1ncnc2c1ncn2CC[NH2+]CCO.[Cl-]. The van der Waals surface area contributed by atoms with Crippen molar-refractivity contribution >= 4 is 17.0 Å². The van der Waals surface area contributed by atoms with Gasteiger partial charge in [0.15, 0.2) is 11.5 Å². The summed E-state index contributed by atoms with van der Waals surface area (Å²) in [6, 6.07) is 0. The number of quaternary nitrogens is 1. The first-order chi connectivity index (χ1) is 7.83. The Morgan fingerprint density at radius 1 is 1.29 bits per heavy atom. The molecular formula is C9H15ClN6O. The summed E-state index contributed by atoms with van der Waals surface area (Å²) in [5, 5.41) is 10.7. The fourth-order valence-corrected chi connectivity index (χ4v) is 1.53. The van der Waals surface area contributed by atoms with Gasteiger partial charge in [-0.3, -0.25) is 0 Å². The van der Waals surface area contributed by atoms with E-state index < -0.39 is 0 Å². The lowest BCUT2D eigenvalue weighted by Gasteiger charge is -2.02. The highest BCUT2D eigenvalue weighted by Gasteiger charge is 2.07. The van der Waals surface area contributed by atoms with E-state index in [1.807, 2.05) is 9.88 Å². The zero-order valence-electron chi connectivity index (χ0n) is 9.25. The molecule has 2 heterocycles. The second-order valence-electron chi connectivity index (χ2n) is 3.46. The average Bonchev–Trinajstić information content (AvgIpc) is 2.70. The highest BCUT2D eigenvalue weighted by molar-refractivity contribution is 5.80. The third-order valence-corrected chi connectivity index (χ3v) is 2.34. The Kier molecular flexibility index (Phi) is 5.08. The molecule has 0 saturated carbocycles. The zero-order chi connectivity index (χ0) is 11.4. The molecule has 0 saturated heterocycles. The number of nitrogen functional groups attached to an aromatic ring is 1. The standard InChI is InChI=1S/C9H14N6O.ClH/c10-8-7-9(13-5-12-8)15(6-14-7)3-1-11-2-4-16;/h5-6,11,16H,1-4H2,(H2,10,12,13);1H. The molecule has 0 radical (unpaired) electrons. The predicted octanol–water partition coefficient (Wildman–Crippen LogP) is -5.03. The molecule has 17 heavy (non-hydrogen) atoms. The number of aromatic nitrogens is 4. The van der Waals surface area contributed by atoms with Gasteiger partial charge in [0.1, 0.15) is 11.8 Å². The Morgan fingerprint density at radius 3 is 2.88 bits per heavy atom. The number of anilines is 1. The quantitative estimate of drug-likeness (QED) is 0.466. The fourth-order valence-electron chi connectivity index (χ4n) is 1.53. The number of nitrogens with two attached hydrogens (primary N) is 2. The van der Waals surface area contributed by atoms with Gasteiger partial charge >= 0.3 is 0 Å². The van der Waals surface area contributed by atoms with Gasteiger partial charge < -0.3 is 33.1 Å². The highest BCUT2D eigenvalue weighted by atomic mass is 35.5. The van der Waals surface area contributed by atoms with E-state index in [0.29, 0.717) is 17.9 Å². The Labute approximate surface area is 104 Å². The normalized spacial score (nSPS) is 10.4. The molecule has 2 aromatic rings. The minimum absolute atomic E-state index is 0. The minimum Gasteiger partial charge on any atom is -1.00 e. The number of fused-ring (bicyclic) bond motifs is 1. The predicted molar refractivity (Wildman–Crippen MR) is 58.5 cm³/mol. The van der Waals surface area contributed by atoms with Crippen molar-refractivity contribution in [2.75, 3.05) is 25.4 Å². The van der Waals surface area contributed by atoms with Gasteiger partial charge in [0.05, 0.1) is 32.6 Å². The van der Waals surface area contributed by atoms with Crippen LogP contribution in [-0.4, -0.2) is 44.3 Å². The van der Waals surface area contributed by atoms with Crippen LogP contribution in [0.3, 0.4) is 0 Å². The van der Waals surface area contributed by atoms with Crippen molar-refractivity contribution in [3.05, 3.63) is 12.7 Å². The monoisotopic (exact) mass is 258 g/mol. The van der Waals surface area contributed by atoms with Gasteiger partial charge in [-0.15, -0.1) is 0 Å². The first-order valence-electron chi connectivity index (χ1n) is 5.16. The zero-order valence-corrected chi connectivity index (χ0v) is 10.0. The minimum atomic E-state index is 0. The summed E-state index contributed by atoms with van der Waals surface area (Å²) in [4.78, 5) is 12.2. The number of hydrogen-bond donors (Lipinski definition) is 3. The van der Waals surface area contributed by atoms with E-state index in [-0.39, 0.29) is 19.0 Å². The molecule has 5 N–H and O–H groups in total. The van der Waals surface area contributed by atoms with Gasteiger partial charge in [0, 0.05) is 0 Å². The lowest BCUT2D eigenvalue weighted by molar-refractivity contribution is -0.656. The number of halogens is 1. The smallest absolute Gasteiger partial charge is 0.165 e. The topological polar surface area (TPSA) is 106 Å². The van der Waals surface area contributed by atoms with E-state index in [1.54, 1.807) is 6.33 Å². The summed E-state index contributed by atoms with van der Waals surface area (Å²) in [6.07, 6.45) is 3.15. The maximum absolute atomic E-state index is 8.64. The van der Waals surface area contributed by atoms with Crippen LogP contribution in [0, 0.1) is 0 Å². The number of aliphatic hydroxyl groups excluding tert-OH is 1. The summed E-state index contributed by atoms with van der Waals surface area (Å²) in [5.41, 5.74) is 7.08. The van der Waals surface area contributed by atoms with E-state index in [2.05, 4.69) is 15.0 Å². The van der Waals surface area contributed by atoms with Crippen LogP contribution >= 0.6 is 0 Å². The molecule has 2 rings (SSSR count).